The zero-order chi connectivity index (χ0) is 10.7. The Balaban J connectivity index is 2.06. The number of halogens is 1. The van der Waals surface area contributed by atoms with Gasteiger partial charge < -0.3 is 5.32 Å². The van der Waals surface area contributed by atoms with Crippen molar-refractivity contribution < 1.29 is 0 Å². The molecule has 0 radical (unpaired) electrons. The smallest absolute Gasteiger partial charge is 0.223 e. The van der Waals surface area contributed by atoms with Crippen LogP contribution in [-0.4, -0.2) is 20.2 Å². The molecule has 0 amide bonds. The van der Waals surface area contributed by atoms with Gasteiger partial charge in [0.25, 0.3) is 0 Å². The van der Waals surface area contributed by atoms with Gasteiger partial charge >= 0.3 is 0 Å². The molecular formula is C9H10IN5. The van der Waals surface area contributed by atoms with Crippen LogP contribution in [0.2, 0.25) is 0 Å². The summed E-state index contributed by atoms with van der Waals surface area (Å²) >= 11 is 2.17. The molecule has 78 valence electrons. The zero-order valence-electron chi connectivity index (χ0n) is 8.11. The maximum Gasteiger partial charge on any atom is 0.223 e. The van der Waals surface area contributed by atoms with Gasteiger partial charge in [-0.2, -0.15) is 5.10 Å². The molecule has 2 heterocycles. The van der Waals surface area contributed by atoms with Crippen molar-refractivity contribution in [2.24, 2.45) is 0 Å². The number of aromatic nitrogens is 4. The highest BCUT2D eigenvalue weighted by Gasteiger charge is 2.07. The molecule has 2 N–H and O–H groups in total. The Morgan fingerprint density at radius 2 is 2.07 bits per heavy atom. The second-order valence-electron chi connectivity index (χ2n) is 3.12. The third kappa shape index (κ3) is 2.65. The number of nitrogens with zero attached hydrogens (tertiary/aromatic N) is 3. The molecule has 1 atom stereocenters. The van der Waals surface area contributed by atoms with Gasteiger partial charge in [0.05, 0.1) is 12.2 Å². The highest BCUT2D eigenvalue weighted by Crippen LogP contribution is 2.14. The van der Waals surface area contributed by atoms with Crippen molar-refractivity contribution in [3.8, 4) is 0 Å². The molecule has 15 heavy (non-hydrogen) atoms. The van der Waals surface area contributed by atoms with Gasteiger partial charge in [0, 0.05) is 27.7 Å². The number of hydrogen-bond acceptors (Lipinski definition) is 4. The van der Waals surface area contributed by atoms with E-state index in [1.165, 1.54) is 0 Å². The summed E-state index contributed by atoms with van der Waals surface area (Å²) in [6, 6.07) is 0.142. The summed E-state index contributed by atoms with van der Waals surface area (Å²) in [6.45, 7) is 2.03. The van der Waals surface area contributed by atoms with Crippen molar-refractivity contribution in [2.75, 3.05) is 5.32 Å². The molecule has 1 unspecified atom stereocenters. The number of H-pyrrole nitrogens is 1. The minimum absolute atomic E-state index is 0.142. The zero-order valence-corrected chi connectivity index (χ0v) is 10.3. The van der Waals surface area contributed by atoms with Crippen LogP contribution in [0.15, 0.2) is 24.8 Å². The van der Waals surface area contributed by atoms with E-state index in [1.807, 2.05) is 13.1 Å². The maximum atomic E-state index is 4.17. The lowest BCUT2D eigenvalue weighted by atomic mass is 10.2. The number of rotatable bonds is 3. The van der Waals surface area contributed by atoms with E-state index in [4.69, 9.17) is 0 Å². The number of aromatic amines is 1. The summed E-state index contributed by atoms with van der Waals surface area (Å²) in [5.41, 5.74) is 1.08. The Morgan fingerprint density at radius 1 is 1.33 bits per heavy atom. The minimum Gasteiger partial charge on any atom is -0.348 e. The quantitative estimate of drug-likeness (QED) is 0.850. The van der Waals surface area contributed by atoms with Crippen LogP contribution in [0.4, 0.5) is 5.95 Å². The van der Waals surface area contributed by atoms with Crippen LogP contribution >= 0.6 is 22.6 Å². The van der Waals surface area contributed by atoms with E-state index in [1.54, 1.807) is 18.6 Å². The largest absolute Gasteiger partial charge is 0.348 e. The van der Waals surface area contributed by atoms with E-state index in [0.29, 0.717) is 5.95 Å². The lowest BCUT2D eigenvalue weighted by molar-refractivity contribution is 0.860. The molecule has 0 saturated carbocycles. The predicted octanol–water partition coefficient (Wildman–Crippen LogP) is 1.98. The van der Waals surface area contributed by atoms with Crippen LogP contribution in [0.25, 0.3) is 0 Å². The van der Waals surface area contributed by atoms with Crippen molar-refractivity contribution in [1.82, 2.24) is 20.2 Å². The topological polar surface area (TPSA) is 66.5 Å². The van der Waals surface area contributed by atoms with Gasteiger partial charge in [-0.3, -0.25) is 5.10 Å². The Hall–Kier alpha value is -1.18. The molecule has 0 aromatic carbocycles. The maximum absolute atomic E-state index is 4.17. The minimum atomic E-state index is 0.142. The van der Waals surface area contributed by atoms with Crippen molar-refractivity contribution in [2.45, 2.75) is 13.0 Å². The fourth-order valence-electron chi connectivity index (χ4n) is 1.16. The van der Waals surface area contributed by atoms with E-state index in [-0.39, 0.29) is 6.04 Å². The van der Waals surface area contributed by atoms with E-state index in [0.717, 1.165) is 9.13 Å². The average Bonchev–Trinajstić information content (AvgIpc) is 2.74. The third-order valence-corrected chi connectivity index (χ3v) is 2.54. The van der Waals surface area contributed by atoms with E-state index in [9.17, 15) is 0 Å². The molecule has 0 aliphatic carbocycles. The van der Waals surface area contributed by atoms with Crippen LogP contribution in [-0.2, 0) is 0 Å². The Labute approximate surface area is 101 Å². The highest BCUT2D eigenvalue weighted by molar-refractivity contribution is 14.1. The molecule has 2 aromatic rings. The van der Waals surface area contributed by atoms with Crippen LogP contribution in [0, 0.1) is 3.57 Å². The molecule has 5 nitrogen and oxygen atoms in total. The average molecular weight is 315 g/mol. The summed E-state index contributed by atoms with van der Waals surface area (Å²) in [5, 5.41) is 9.85. The second kappa shape index (κ2) is 4.56. The molecule has 0 aliphatic rings. The first kappa shape index (κ1) is 10.3. The summed E-state index contributed by atoms with van der Waals surface area (Å²) in [6.07, 6.45) is 7.19. The fourth-order valence-corrected chi connectivity index (χ4v) is 1.44. The van der Waals surface area contributed by atoms with Crippen molar-refractivity contribution in [3.63, 3.8) is 0 Å². The number of nitrogens with one attached hydrogen (secondary N) is 2. The predicted molar refractivity (Wildman–Crippen MR) is 65.4 cm³/mol. The molecule has 0 saturated heterocycles. The van der Waals surface area contributed by atoms with Gasteiger partial charge in [0.1, 0.15) is 0 Å². The number of hydrogen-bond donors (Lipinski definition) is 2. The molecule has 2 aromatic heterocycles. The fraction of sp³-hybridized carbons (Fsp3) is 0.222. The summed E-state index contributed by atoms with van der Waals surface area (Å²) < 4.78 is 1.02. The Kier molecular flexibility index (Phi) is 3.14. The first-order chi connectivity index (χ1) is 7.25. The highest BCUT2D eigenvalue weighted by atomic mass is 127. The molecule has 0 fully saturated rings. The van der Waals surface area contributed by atoms with Crippen LogP contribution < -0.4 is 5.32 Å². The van der Waals surface area contributed by atoms with Crippen LogP contribution in [0.1, 0.15) is 18.5 Å². The lowest BCUT2D eigenvalue weighted by Crippen LogP contribution is -2.08. The summed E-state index contributed by atoms with van der Waals surface area (Å²) in [7, 11) is 0. The molecule has 6 heteroatoms. The normalized spacial score (nSPS) is 12.4. The van der Waals surface area contributed by atoms with E-state index >= 15 is 0 Å². The van der Waals surface area contributed by atoms with Gasteiger partial charge in [-0.1, -0.05) is 0 Å². The molecule has 0 bridgehead atoms. The number of anilines is 1. The second-order valence-corrected chi connectivity index (χ2v) is 4.37. The summed E-state index contributed by atoms with van der Waals surface area (Å²) in [5.74, 6) is 0.629. The molecular weight excluding hydrogens is 305 g/mol. The lowest BCUT2D eigenvalue weighted by Gasteiger charge is -2.11. The monoisotopic (exact) mass is 315 g/mol. The van der Waals surface area contributed by atoms with Crippen molar-refractivity contribution >= 4 is 28.5 Å². The van der Waals surface area contributed by atoms with Gasteiger partial charge in [0.2, 0.25) is 5.95 Å². The van der Waals surface area contributed by atoms with Gasteiger partial charge in [-0.15, -0.1) is 0 Å². The Bertz CT molecular complexity index is 411. The van der Waals surface area contributed by atoms with Gasteiger partial charge in [-0.25, -0.2) is 9.97 Å². The standard InChI is InChI=1S/C9H10IN5/c1-6(7-2-13-14-3-7)15-9-11-4-8(10)5-12-9/h2-6H,1H3,(H,13,14)(H,11,12,15). The van der Waals surface area contributed by atoms with E-state index in [2.05, 4.69) is 48.1 Å². The first-order valence-electron chi connectivity index (χ1n) is 4.48. The molecule has 2 rings (SSSR count). The van der Waals surface area contributed by atoms with Crippen LogP contribution in [0.5, 0.6) is 0 Å². The first-order valence-corrected chi connectivity index (χ1v) is 5.56. The Morgan fingerprint density at radius 3 is 2.67 bits per heavy atom. The summed E-state index contributed by atoms with van der Waals surface area (Å²) in [4.78, 5) is 8.34. The van der Waals surface area contributed by atoms with E-state index < -0.39 is 0 Å². The molecule has 0 spiro atoms. The van der Waals surface area contributed by atoms with Crippen LogP contribution in [0.3, 0.4) is 0 Å². The van der Waals surface area contributed by atoms with Gasteiger partial charge in [-0.05, 0) is 29.5 Å². The third-order valence-electron chi connectivity index (χ3n) is 1.99. The SMILES string of the molecule is CC(Nc1ncc(I)cn1)c1cn[nH]c1. The molecule has 0 aliphatic heterocycles. The van der Waals surface area contributed by atoms with Crippen molar-refractivity contribution in [1.29, 1.82) is 0 Å². The van der Waals surface area contributed by atoms with Gasteiger partial charge in [0.15, 0.2) is 0 Å². The van der Waals surface area contributed by atoms with Crippen molar-refractivity contribution in [3.05, 3.63) is 33.9 Å².